The Balaban J connectivity index is 1.51. The van der Waals surface area contributed by atoms with Gasteiger partial charge in [-0.3, -0.25) is 0 Å². The summed E-state index contributed by atoms with van der Waals surface area (Å²) in [6.07, 6.45) is 7.24. The lowest BCUT2D eigenvalue weighted by Crippen LogP contribution is -2.09. The van der Waals surface area contributed by atoms with Gasteiger partial charge in [0, 0.05) is 22.8 Å². The Morgan fingerprint density at radius 3 is 2.74 bits per heavy atom. The van der Waals surface area contributed by atoms with E-state index in [2.05, 4.69) is 10.1 Å². The summed E-state index contributed by atoms with van der Waals surface area (Å²) >= 11 is 1.15. The molecule has 0 amide bonds. The van der Waals surface area contributed by atoms with Gasteiger partial charge in [0.1, 0.15) is 0 Å². The van der Waals surface area contributed by atoms with Crippen molar-refractivity contribution < 1.29 is 13.9 Å². The normalized spacial score (nSPS) is 15.5. The molecule has 0 saturated heterocycles. The first-order chi connectivity index (χ1) is 13.1. The van der Waals surface area contributed by atoms with E-state index in [1.807, 2.05) is 6.07 Å². The van der Waals surface area contributed by atoms with Gasteiger partial charge in [-0.15, -0.1) is 11.8 Å². The highest BCUT2D eigenvalue weighted by atomic mass is 32.2. The number of nitrogens with zero attached hydrogens (tertiary/aromatic N) is 3. The fourth-order valence-corrected chi connectivity index (χ4v) is 4.51. The summed E-state index contributed by atoms with van der Waals surface area (Å²) in [5.74, 6) is -0.739. The number of hydrogen-bond donors (Lipinski definition) is 1. The molecule has 7 heteroatoms. The van der Waals surface area contributed by atoms with E-state index in [0.29, 0.717) is 23.0 Å². The molecule has 1 aromatic carbocycles. The van der Waals surface area contributed by atoms with Crippen LogP contribution in [0.4, 0.5) is 8.78 Å². The van der Waals surface area contributed by atoms with Crippen LogP contribution < -0.4 is 0 Å². The second-order valence-electron chi connectivity index (χ2n) is 7.06. The zero-order chi connectivity index (χ0) is 18.8. The van der Waals surface area contributed by atoms with E-state index in [1.54, 1.807) is 0 Å². The standard InChI is InChI=1S/C20H21F2N3OS/c21-16-7-4-8-17(20(16)22)27-12-15-11-19(26)25-18(23-15)10-14(24-25)9-13-5-2-1-3-6-13/h4,7-8,10-11,13,26H,1-3,5-6,9,12H2. The van der Waals surface area contributed by atoms with Crippen molar-refractivity contribution in [1.82, 2.24) is 14.6 Å². The SMILES string of the molecule is Oc1cc(CSc2cccc(F)c2F)nc2cc(CC3CCCCC3)nn12. The van der Waals surface area contributed by atoms with Crippen LogP contribution in [-0.2, 0) is 12.2 Å². The summed E-state index contributed by atoms with van der Waals surface area (Å²) < 4.78 is 28.5. The zero-order valence-electron chi connectivity index (χ0n) is 14.9. The highest BCUT2D eigenvalue weighted by Gasteiger charge is 2.17. The quantitative estimate of drug-likeness (QED) is 0.615. The summed E-state index contributed by atoms with van der Waals surface area (Å²) in [7, 11) is 0. The number of aromatic hydroxyl groups is 1. The monoisotopic (exact) mass is 389 g/mol. The van der Waals surface area contributed by atoms with Crippen LogP contribution in [0.3, 0.4) is 0 Å². The third kappa shape index (κ3) is 4.08. The first-order valence-electron chi connectivity index (χ1n) is 9.24. The van der Waals surface area contributed by atoms with E-state index in [0.717, 1.165) is 29.9 Å². The predicted molar refractivity (Wildman–Crippen MR) is 101 cm³/mol. The molecule has 0 bridgehead atoms. The number of hydrogen-bond acceptors (Lipinski definition) is 4. The van der Waals surface area contributed by atoms with Gasteiger partial charge in [0.05, 0.1) is 11.4 Å². The molecule has 0 aliphatic heterocycles. The van der Waals surface area contributed by atoms with Crippen LogP contribution in [0.1, 0.15) is 43.5 Å². The third-order valence-electron chi connectivity index (χ3n) is 5.03. The molecule has 2 aromatic heterocycles. The van der Waals surface area contributed by atoms with Crippen LogP contribution in [0, 0.1) is 17.6 Å². The minimum atomic E-state index is -0.866. The number of fused-ring (bicyclic) bond motifs is 1. The predicted octanol–water partition coefficient (Wildman–Crippen LogP) is 5.13. The minimum Gasteiger partial charge on any atom is -0.493 e. The first kappa shape index (κ1) is 18.2. The number of benzene rings is 1. The summed E-state index contributed by atoms with van der Waals surface area (Å²) in [4.78, 5) is 4.75. The maximum absolute atomic E-state index is 13.8. The highest BCUT2D eigenvalue weighted by Crippen LogP contribution is 2.29. The highest BCUT2D eigenvalue weighted by molar-refractivity contribution is 7.98. The Kier molecular flexibility index (Phi) is 5.29. The van der Waals surface area contributed by atoms with Crippen molar-refractivity contribution in [3.63, 3.8) is 0 Å². The Labute approximate surface area is 160 Å². The van der Waals surface area contributed by atoms with Gasteiger partial charge in [0.25, 0.3) is 0 Å². The molecule has 0 radical (unpaired) electrons. The fraction of sp³-hybridized carbons (Fsp3) is 0.400. The van der Waals surface area contributed by atoms with Crippen molar-refractivity contribution in [3.8, 4) is 5.88 Å². The third-order valence-corrected chi connectivity index (χ3v) is 6.09. The average molecular weight is 389 g/mol. The molecule has 142 valence electrons. The largest absolute Gasteiger partial charge is 0.493 e. The van der Waals surface area contributed by atoms with Crippen molar-refractivity contribution in [2.24, 2.45) is 5.92 Å². The topological polar surface area (TPSA) is 50.4 Å². The van der Waals surface area contributed by atoms with Gasteiger partial charge >= 0.3 is 0 Å². The van der Waals surface area contributed by atoms with Crippen LogP contribution in [0.5, 0.6) is 5.88 Å². The van der Waals surface area contributed by atoms with E-state index < -0.39 is 11.6 Å². The van der Waals surface area contributed by atoms with Gasteiger partial charge < -0.3 is 5.11 Å². The second-order valence-corrected chi connectivity index (χ2v) is 8.08. The van der Waals surface area contributed by atoms with E-state index in [4.69, 9.17) is 0 Å². The maximum atomic E-state index is 13.8. The minimum absolute atomic E-state index is 0.00482. The Morgan fingerprint density at radius 2 is 1.93 bits per heavy atom. The second kappa shape index (κ2) is 7.84. The van der Waals surface area contributed by atoms with Crippen LogP contribution in [0.2, 0.25) is 0 Å². The number of rotatable bonds is 5. The smallest absolute Gasteiger partial charge is 0.215 e. The zero-order valence-corrected chi connectivity index (χ0v) is 15.7. The molecule has 0 atom stereocenters. The molecular weight excluding hydrogens is 368 g/mol. The number of thioether (sulfide) groups is 1. The number of halogens is 2. The molecule has 1 aliphatic carbocycles. The lowest BCUT2D eigenvalue weighted by Gasteiger charge is -2.20. The lowest BCUT2D eigenvalue weighted by atomic mass is 9.86. The van der Waals surface area contributed by atoms with Gasteiger partial charge in [-0.2, -0.15) is 9.61 Å². The van der Waals surface area contributed by atoms with Crippen LogP contribution in [-0.4, -0.2) is 19.7 Å². The molecule has 4 rings (SSSR count). The van der Waals surface area contributed by atoms with Gasteiger partial charge in [0.2, 0.25) is 5.88 Å². The van der Waals surface area contributed by atoms with Crippen molar-refractivity contribution in [1.29, 1.82) is 0 Å². The summed E-state index contributed by atoms with van der Waals surface area (Å²) in [5, 5.41) is 14.8. The molecule has 0 unspecified atom stereocenters. The number of aromatic nitrogens is 3. The first-order valence-corrected chi connectivity index (χ1v) is 10.2. The van der Waals surface area contributed by atoms with E-state index in [9.17, 15) is 13.9 Å². The molecule has 1 N–H and O–H groups in total. The summed E-state index contributed by atoms with van der Waals surface area (Å²) in [5.41, 5.74) is 2.11. The van der Waals surface area contributed by atoms with Crippen molar-refractivity contribution >= 4 is 17.4 Å². The van der Waals surface area contributed by atoms with Gasteiger partial charge in [-0.05, 0) is 24.5 Å². The average Bonchev–Trinajstić information content (AvgIpc) is 3.07. The Bertz CT molecular complexity index is 954. The lowest BCUT2D eigenvalue weighted by molar-refractivity contribution is 0.353. The molecule has 1 fully saturated rings. The maximum Gasteiger partial charge on any atom is 0.215 e. The van der Waals surface area contributed by atoms with E-state index >= 15 is 0 Å². The van der Waals surface area contributed by atoms with Gasteiger partial charge in [0.15, 0.2) is 17.3 Å². The van der Waals surface area contributed by atoms with Gasteiger partial charge in [-0.1, -0.05) is 38.2 Å². The van der Waals surface area contributed by atoms with Crippen LogP contribution in [0.15, 0.2) is 35.2 Å². The van der Waals surface area contributed by atoms with Crippen molar-refractivity contribution in [2.75, 3.05) is 0 Å². The van der Waals surface area contributed by atoms with Crippen molar-refractivity contribution in [2.45, 2.75) is 49.2 Å². The van der Waals surface area contributed by atoms with Crippen LogP contribution >= 0.6 is 11.8 Å². The van der Waals surface area contributed by atoms with Crippen molar-refractivity contribution in [3.05, 3.63) is 53.4 Å². The summed E-state index contributed by atoms with van der Waals surface area (Å²) in [6.45, 7) is 0. The Hall–Kier alpha value is -2.15. The molecule has 1 aliphatic rings. The molecule has 1 saturated carbocycles. The van der Waals surface area contributed by atoms with Gasteiger partial charge in [-0.25, -0.2) is 13.8 Å². The van der Waals surface area contributed by atoms with Crippen LogP contribution in [0.25, 0.3) is 5.65 Å². The van der Waals surface area contributed by atoms with E-state index in [1.165, 1.54) is 54.8 Å². The molecule has 4 nitrogen and oxygen atoms in total. The molecule has 2 heterocycles. The molecule has 3 aromatic rings. The van der Waals surface area contributed by atoms with E-state index in [-0.39, 0.29) is 10.8 Å². The Morgan fingerprint density at radius 1 is 1.11 bits per heavy atom. The fourth-order valence-electron chi connectivity index (χ4n) is 3.66. The molecular formula is C20H21F2N3OS. The molecule has 0 spiro atoms. The summed E-state index contributed by atoms with van der Waals surface area (Å²) in [6, 6.07) is 7.53. The molecule has 27 heavy (non-hydrogen) atoms.